The van der Waals surface area contributed by atoms with Crippen LogP contribution in [0.3, 0.4) is 0 Å². The lowest BCUT2D eigenvalue weighted by molar-refractivity contribution is 0.508. The Labute approximate surface area is 116 Å². The summed E-state index contributed by atoms with van der Waals surface area (Å²) in [7, 11) is 0.302. The molecule has 0 aliphatic heterocycles. The summed E-state index contributed by atoms with van der Waals surface area (Å²) >= 11 is 0. The predicted molar refractivity (Wildman–Crippen MR) is 82.8 cm³/mol. The van der Waals surface area contributed by atoms with Gasteiger partial charge in [-0.25, -0.2) is 0 Å². The number of rotatable bonds is 13. The first kappa shape index (κ1) is 18.1. The van der Waals surface area contributed by atoms with Crippen molar-refractivity contribution in [3.63, 3.8) is 0 Å². The molecule has 0 heterocycles. The summed E-state index contributed by atoms with van der Waals surface area (Å²) in [5.74, 6) is 0. The van der Waals surface area contributed by atoms with Gasteiger partial charge in [-0.15, -0.1) is 0 Å². The van der Waals surface area contributed by atoms with E-state index < -0.39 is 0 Å². The van der Waals surface area contributed by atoms with Crippen molar-refractivity contribution < 1.29 is 4.57 Å². The van der Waals surface area contributed by atoms with Crippen LogP contribution in [0.5, 0.6) is 0 Å². The number of hydrogen-bond acceptors (Lipinski definition) is 1. The first-order valence-electron chi connectivity index (χ1n) is 7.97. The lowest BCUT2D eigenvalue weighted by Gasteiger charge is -2.14. The summed E-state index contributed by atoms with van der Waals surface area (Å²) in [4.78, 5) is 0. The minimum Gasteiger partial charge on any atom is -0.274 e. The second kappa shape index (κ2) is 12.2. The molecule has 0 atom stereocenters. The van der Waals surface area contributed by atoms with Crippen LogP contribution >= 0.6 is 8.46 Å². The molecule has 0 N–H and O–H groups in total. The molecule has 108 valence electrons. The lowest BCUT2D eigenvalue weighted by atomic mass is 10.0. The molecule has 0 rings (SSSR count). The average Bonchev–Trinajstić information content (AvgIpc) is 2.36. The van der Waals surface area contributed by atoms with E-state index in [1.165, 1.54) is 70.6 Å². The fourth-order valence-corrected chi connectivity index (χ4v) is 2.52. The summed E-state index contributed by atoms with van der Waals surface area (Å²) in [6.45, 7) is 6.43. The standard InChI is InChI=1S/C16H33OP/c1-4-5-6-7-8-9-10-11-12-13-14-15-16(2,3)18-17/h4-15H2,1-3H3. The van der Waals surface area contributed by atoms with Gasteiger partial charge in [0.1, 0.15) is 0 Å². The first-order chi connectivity index (χ1) is 8.62. The zero-order valence-electron chi connectivity index (χ0n) is 12.8. The average molecular weight is 272 g/mol. The second-order valence-corrected chi connectivity index (χ2v) is 7.58. The van der Waals surface area contributed by atoms with Crippen LogP contribution in [-0.4, -0.2) is 5.16 Å². The van der Waals surface area contributed by atoms with E-state index in [0.717, 1.165) is 6.42 Å². The predicted octanol–water partition coefficient (Wildman–Crippen LogP) is 6.76. The van der Waals surface area contributed by atoms with Crippen LogP contribution in [0.1, 0.15) is 97.8 Å². The molecule has 0 aromatic heterocycles. The molecule has 0 saturated heterocycles. The molecule has 0 aromatic rings. The van der Waals surface area contributed by atoms with E-state index in [1.807, 2.05) is 0 Å². The first-order valence-corrected chi connectivity index (χ1v) is 8.78. The highest BCUT2D eigenvalue weighted by atomic mass is 31.1. The molecular weight excluding hydrogens is 239 g/mol. The maximum absolute atomic E-state index is 10.8. The monoisotopic (exact) mass is 272 g/mol. The summed E-state index contributed by atoms with van der Waals surface area (Å²) < 4.78 is 10.8. The largest absolute Gasteiger partial charge is 0.274 e. The number of unbranched alkanes of at least 4 members (excludes halogenated alkanes) is 10. The molecule has 0 radical (unpaired) electrons. The Kier molecular flexibility index (Phi) is 12.2. The van der Waals surface area contributed by atoms with Gasteiger partial charge in [-0.05, 0) is 20.3 Å². The van der Waals surface area contributed by atoms with Gasteiger partial charge < -0.3 is 0 Å². The fraction of sp³-hybridized carbons (Fsp3) is 1.00. The van der Waals surface area contributed by atoms with Gasteiger partial charge in [0.2, 0.25) is 0 Å². The highest BCUT2D eigenvalue weighted by Crippen LogP contribution is 2.28. The summed E-state index contributed by atoms with van der Waals surface area (Å²) in [5.41, 5.74) is 0. The zero-order chi connectivity index (χ0) is 13.7. The molecular formula is C16H33OP. The van der Waals surface area contributed by atoms with E-state index in [2.05, 4.69) is 20.8 Å². The fourth-order valence-electron chi connectivity index (χ4n) is 2.27. The normalized spacial score (nSPS) is 12.2. The van der Waals surface area contributed by atoms with Crippen LogP contribution in [0, 0.1) is 0 Å². The van der Waals surface area contributed by atoms with Crippen LogP contribution < -0.4 is 0 Å². The molecule has 1 nitrogen and oxygen atoms in total. The molecule has 2 heteroatoms. The topological polar surface area (TPSA) is 17.1 Å². The third-order valence-corrected chi connectivity index (χ3v) is 4.36. The van der Waals surface area contributed by atoms with Crippen molar-refractivity contribution in [1.82, 2.24) is 0 Å². The van der Waals surface area contributed by atoms with Crippen LogP contribution in [0.25, 0.3) is 0 Å². The smallest absolute Gasteiger partial charge is 0.161 e. The van der Waals surface area contributed by atoms with Gasteiger partial charge in [-0.1, -0.05) is 77.6 Å². The van der Waals surface area contributed by atoms with Gasteiger partial charge in [-0.3, -0.25) is 4.57 Å². The third kappa shape index (κ3) is 12.6. The highest BCUT2D eigenvalue weighted by molar-refractivity contribution is 7.25. The van der Waals surface area contributed by atoms with Crippen molar-refractivity contribution in [3.8, 4) is 0 Å². The van der Waals surface area contributed by atoms with Crippen molar-refractivity contribution in [2.75, 3.05) is 0 Å². The van der Waals surface area contributed by atoms with Gasteiger partial charge in [0.05, 0.1) is 0 Å². The molecule has 18 heavy (non-hydrogen) atoms. The Morgan fingerprint density at radius 3 is 1.50 bits per heavy atom. The van der Waals surface area contributed by atoms with Crippen molar-refractivity contribution >= 4 is 8.46 Å². The summed E-state index contributed by atoms with van der Waals surface area (Å²) in [5, 5.41) is -0.000717. The van der Waals surface area contributed by atoms with E-state index in [-0.39, 0.29) is 5.16 Å². The lowest BCUT2D eigenvalue weighted by Crippen LogP contribution is -2.09. The number of hydrogen-bond donors (Lipinski definition) is 0. The van der Waals surface area contributed by atoms with E-state index in [9.17, 15) is 4.57 Å². The van der Waals surface area contributed by atoms with E-state index in [4.69, 9.17) is 0 Å². The Morgan fingerprint density at radius 1 is 0.722 bits per heavy atom. The van der Waals surface area contributed by atoms with Crippen molar-refractivity contribution in [2.24, 2.45) is 0 Å². The van der Waals surface area contributed by atoms with Gasteiger partial charge >= 0.3 is 0 Å². The van der Waals surface area contributed by atoms with Crippen LogP contribution in [0.15, 0.2) is 0 Å². The van der Waals surface area contributed by atoms with E-state index >= 15 is 0 Å². The van der Waals surface area contributed by atoms with Crippen LogP contribution in [0.4, 0.5) is 0 Å². The molecule has 0 fully saturated rings. The summed E-state index contributed by atoms with van der Waals surface area (Å²) in [6.07, 6.45) is 16.3. The highest BCUT2D eigenvalue weighted by Gasteiger charge is 2.16. The second-order valence-electron chi connectivity index (χ2n) is 6.19. The maximum Gasteiger partial charge on any atom is 0.161 e. The SMILES string of the molecule is CCCCCCCCCCCCCC(C)(C)P=O. The van der Waals surface area contributed by atoms with Crippen LogP contribution in [0.2, 0.25) is 0 Å². The minimum atomic E-state index is -0.000717. The van der Waals surface area contributed by atoms with Crippen molar-refractivity contribution in [2.45, 2.75) is 103 Å². The van der Waals surface area contributed by atoms with E-state index in [0.29, 0.717) is 8.46 Å². The van der Waals surface area contributed by atoms with E-state index in [1.54, 1.807) is 0 Å². The Bertz CT molecular complexity index is 190. The maximum atomic E-state index is 10.8. The molecule has 0 amide bonds. The molecule has 0 unspecified atom stereocenters. The van der Waals surface area contributed by atoms with Gasteiger partial charge in [-0.2, -0.15) is 0 Å². The molecule has 0 aromatic carbocycles. The Hall–Kier alpha value is 0.100. The Balaban J connectivity index is 3.10. The zero-order valence-corrected chi connectivity index (χ0v) is 13.7. The molecule has 0 aliphatic rings. The van der Waals surface area contributed by atoms with Gasteiger partial charge in [0, 0.05) is 5.16 Å². The molecule has 0 spiro atoms. The van der Waals surface area contributed by atoms with Gasteiger partial charge in [0.25, 0.3) is 0 Å². The Morgan fingerprint density at radius 2 is 1.11 bits per heavy atom. The quantitative estimate of drug-likeness (QED) is 0.267. The minimum absolute atomic E-state index is 0.000717. The van der Waals surface area contributed by atoms with Crippen molar-refractivity contribution in [1.29, 1.82) is 0 Å². The molecule has 0 bridgehead atoms. The molecule has 0 aliphatic carbocycles. The molecule has 0 saturated carbocycles. The van der Waals surface area contributed by atoms with Crippen molar-refractivity contribution in [3.05, 3.63) is 0 Å². The van der Waals surface area contributed by atoms with Crippen LogP contribution in [-0.2, 0) is 4.57 Å². The summed E-state index contributed by atoms with van der Waals surface area (Å²) in [6, 6.07) is 0. The van der Waals surface area contributed by atoms with Gasteiger partial charge in [0.15, 0.2) is 8.46 Å². The third-order valence-electron chi connectivity index (χ3n) is 3.64.